The van der Waals surface area contributed by atoms with Crippen molar-refractivity contribution >= 4 is 11.8 Å². The van der Waals surface area contributed by atoms with Crippen molar-refractivity contribution in [1.29, 1.82) is 5.26 Å². The van der Waals surface area contributed by atoms with Gasteiger partial charge in [0.15, 0.2) is 0 Å². The zero-order valence-electron chi connectivity index (χ0n) is 12.1. The molecule has 0 amide bonds. The lowest BCUT2D eigenvalue weighted by atomic mass is 10.0. The Morgan fingerprint density at radius 2 is 1.45 bits per heavy atom. The van der Waals surface area contributed by atoms with E-state index < -0.39 is 0 Å². The maximum atomic E-state index is 9.36. The highest BCUT2D eigenvalue weighted by Gasteiger charge is 2.20. The van der Waals surface area contributed by atoms with Crippen LogP contribution in [0.25, 0.3) is 11.1 Å². The standard InChI is InChI=1S/C18H19NS/c1-18(2,3)20-17(13-19)16-11-9-15(10-12-16)14-7-5-4-6-8-14/h4-12,17H,1-3H3. The van der Waals surface area contributed by atoms with Gasteiger partial charge in [-0.05, 0) is 16.7 Å². The molecule has 0 spiro atoms. The average molecular weight is 281 g/mol. The van der Waals surface area contributed by atoms with Crippen molar-refractivity contribution in [2.45, 2.75) is 30.8 Å². The first-order chi connectivity index (χ1) is 9.49. The van der Waals surface area contributed by atoms with E-state index >= 15 is 0 Å². The molecule has 0 heterocycles. The van der Waals surface area contributed by atoms with Crippen LogP contribution in [-0.4, -0.2) is 4.75 Å². The Balaban J connectivity index is 2.22. The summed E-state index contributed by atoms with van der Waals surface area (Å²) in [7, 11) is 0. The van der Waals surface area contributed by atoms with Crippen LogP contribution in [-0.2, 0) is 0 Å². The van der Waals surface area contributed by atoms with Crippen molar-refractivity contribution in [3.8, 4) is 17.2 Å². The summed E-state index contributed by atoms with van der Waals surface area (Å²) < 4.78 is 0.0818. The van der Waals surface area contributed by atoms with Gasteiger partial charge in [-0.15, -0.1) is 11.8 Å². The van der Waals surface area contributed by atoms with Gasteiger partial charge in [-0.3, -0.25) is 0 Å². The number of hydrogen-bond acceptors (Lipinski definition) is 2. The van der Waals surface area contributed by atoms with E-state index in [2.05, 4.69) is 63.2 Å². The molecule has 2 rings (SSSR count). The fraction of sp³-hybridized carbons (Fsp3) is 0.278. The van der Waals surface area contributed by atoms with Gasteiger partial charge >= 0.3 is 0 Å². The van der Waals surface area contributed by atoms with Crippen LogP contribution in [0.2, 0.25) is 0 Å². The van der Waals surface area contributed by atoms with Crippen molar-refractivity contribution < 1.29 is 0 Å². The third kappa shape index (κ3) is 3.88. The Morgan fingerprint density at radius 1 is 0.900 bits per heavy atom. The highest BCUT2D eigenvalue weighted by Crippen LogP contribution is 2.38. The molecule has 2 heteroatoms. The first kappa shape index (κ1) is 14.7. The summed E-state index contributed by atoms with van der Waals surface area (Å²) in [6, 6.07) is 21.0. The molecule has 0 N–H and O–H groups in total. The van der Waals surface area contributed by atoms with Crippen molar-refractivity contribution in [3.05, 3.63) is 60.2 Å². The molecule has 2 aromatic rings. The minimum Gasteiger partial charge on any atom is -0.197 e. The molecule has 0 aliphatic rings. The summed E-state index contributed by atoms with van der Waals surface area (Å²) in [5, 5.41) is 9.25. The summed E-state index contributed by atoms with van der Waals surface area (Å²) in [5.74, 6) is 0. The molecule has 0 aliphatic heterocycles. The number of hydrogen-bond donors (Lipinski definition) is 0. The summed E-state index contributed by atoms with van der Waals surface area (Å²) in [4.78, 5) is 0. The summed E-state index contributed by atoms with van der Waals surface area (Å²) in [6.45, 7) is 6.42. The second-order valence-corrected chi connectivity index (χ2v) is 7.66. The lowest BCUT2D eigenvalue weighted by Crippen LogP contribution is -2.10. The van der Waals surface area contributed by atoms with E-state index in [4.69, 9.17) is 0 Å². The summed E-state index contributed by atoms with van der Waals surface area (Å²) in [6.07, 6.45) is 0. The zero-order valence-corrected chi connectivity index (χ0v) is 12.9. The average Bonchev–Trinajstić information content (AvgIpc) is 2.45. The van der Waals surface area contributed by atoms with Gasteiger partial charge in [0.1, 0.15) is 5.25 Å². The molecule has 20 heavy (non-hydrogen) atoms. The molecular weight excluding hydrogens is 262 g/mol. The van der Waals surface area contributed by atoms with Gasteiger partial charge in [-0.2, -0.15) is 5.26 Å². The largest absolute Gasteiger partial charge is 0.197 e. The van der Waals surface area contributed by atoms with Gasteiger partial charge in [0.2, 0.25) is 0 Å². The number of nitrogens with zero attached hydrogens (tertiary/aromatic N) is 1. The van der Waals surface area contributed by atoms with Crippen LogP contribution in [0.1, 0.15) is 31.6 Å². The SMILES string of the molecule is CC(C)(C)SC(C#N)c1ccc(-c2ccccc2)cc1. The predicted octanol–water partition coefficient (Wildman–Crippen LogP) is 5.45. The fourth-order valence-electron chi connectivity index (χ4n) is 2.00. The Morgan fingerprint density at radius 3 is 1.95 bits per heavy atom. The Labute approximate surface area is 125 Å². The number of thioether (sulfide) groups is 1. The van der Waals surface area contributed by atoms with E-state index in [1.54, 1.807) is 11.8 Å². The third-order valence-electron chi connectivity index (χ3n) is 2.91. The Hall–Kier alpha value is -1.72. The molecule has 0 radical (unpaired) electrons. The molecule has 0 bridgehead atoms. The molecule has 2 aromatic carbocycles. The Bertz CT molecular complexity index is 588. The van der Waals surface area contributed by atoms with Crippen molar-refractivity contribution in [2.24, 2.45) is 0 Å². The molecule has 1 unspecified atom stereocenters. The van der Waals surface area contributed by atoms with Gasteiger partial charge in [0, 0.05) is 4.75 Å². The zero-order chi connectivity index (χ0) is 14.6. The molecular formula is C18H19NS. The quantitative estimate of drug-likeness (QED) is 0.747. The molecule has 1 atom stereocenters. The first-order valence-corrected chi connectivity index (χ1v) is 7.60. The van der Waals surface area contributed by atoms with Crippen LogP contribution in [0.3, 0.4) is 0 Å². The fourth-order valence-corrected chi connectivity index (χ4v) is 3.06. The van der Waals surface area contributed by atoms with E-state index in [0.29, 0.717) is 0 Å². The first-order valence-electron chi connectivity index (χ1n) is 6.72. The van der Waals surface area contributed by atoms with E-state index in [1.807, 2.05) is 18.2 Å². The van der Waals surface area contributed by atoms with Crippen LogP contribution in [0.15, 0.2) is 54.6 Å². The second-order valence-electron chi connectivity index (χ2n) is 5.73. The van der Waals surface area contributed by atoms with Crippen LogP contribution < -0.4 is 0 Å². The van der Waals surface area contributed by atoms with E-state index in [0.717, 1.165) is 5.56 Å². The molecule has 0 saturated carbocycles. The highest BCUT2D eigenvalue weighted by atomic mass is 32.2. The van der Waals surface area contributed by atoms with Crippen LogP contribution >= 0.6 is 11.8 Å². The van der Waals surface area contributed by atoms with E-state index in [1.165, 1.54) is 11.1 Å². The smallest absolute Gasteiger partial charge is 0.117 e. The van der Waals surface area contributed by atoms with E-state index in [9.17, 15) is 5.26 Å². The maximum Gasteiger partial charge on any atom is 0.117 e. The van der Waals surface area contributed by atoms with Crippen LogP contribution in [0, 0.1) is 11.3 Å². The lowest BCUT2D eigenvalue weighted by Gasteiger charge is -2.21. The third-order valence-corrected chi connectivity index (χ3v) is 4.23. The number of benzene rings is 2. The topological polar surface area (TPSA) is 23.8 Å². The van der Waals surface area contributed by atoms with Crippen LogP contribution in [0.4, 0.5) is 0 Å². The lowest BCUT2D eigenvalue weighted by molar-refractivity contribution is 0.799. The second kappa shape index (κ2) is 6.15. The molecule has 0 saturated heterocycles. The van der Waals surface area contributed by atoms with Gasteiger partial charge in [0.05, 0.1) is 6.07 Å². The minimum absolute atomic E-state index is 0.0818. The number of rotatable bonds is 3. The maximum absolute atomic E-state index is 9.36. The highest BCUT2D eigenvalue weighted by molar-refractivity contribution is 8.01. The van der Waals surface area contributed by atoms with Crippen LogP contribution in [0.5, 0.6) is 0 Å². The molecule has 102 valence electrons. The Kier molecular flexibility index (Phi) is 4.52. The predicted molar refractivity (Wildman–Crippen MR) is 87.6 cm³/mol. The van der Waals surface area contributed by atoms with Gasteiger partial charge in [0.25, 0.3) is 0 Å². The monoisotopic (exact) mass is 281 g/mol. The number of nitriles is 1. The van der Waals surface area contributed by atoms with Gasteiger partial charge < -0.3 is 0 Å². The van der Waals surface area contributed by atoms with E-state index in [-0.39, 0.29) is 10.00 Å². The molecule has 1 nitrogen and oxygen atoms in total. The minimum atomic E-state index is -0.111. The van der Waals surface area contributed by atoms with Crippen molar-refractivity contribution in [1.82, 2.24) is 0 Å². The van der Waals surface area contributed by atoms with Gasteiger partial charge in [-0.25, -0.2) is 0 Å². The van der Waals surface area contributed by atoms with Gasteiger partial charge in [-0.1, -0.05) is 75.4 Å². The molecule has 0 aromatic heterocycles. The van der Waals surface area contributed by atoms with Crippen molar-refractivity contribution in [3.63, 3.8) is 0 Å². The molecule has 0 aliphatic carbocycles. The normalized spacial score (nSPS) is 12.7. The van der Waals surface area contributed by atoms with Crippen molar-refractivity contribution in [2.75, 3.05) is 0 Å². The molecule has 0 fully saturated rings. The summed E-state index contributed by atoms with van der Waals surface area (Å²) >= 11 is 1.70. The summed E-state index contributed by atoms with van der Waals surface area (Å²) in [5.41, 5.74) is 3.47.